The van der Waals surface area contributed by atoms with Gasteiger partial charge in [-0.3, -0.25) is 0 Å². The van der Waals surface area contributed by atoms with E-state index in [9.17, 15) is 0 Å². The van der Waals surface area contributed by atoms with E-state index in [1.165, 1.54) is 16.7 Å². The van der Waals surface area contributed by atoms with Crippen molar-refractivity contribution >= 4 is 6.08 Å². The molecule has 0 N–H and O–H groups in total. The average molecular weight is 186 g/mol. The van der Waals surface area contributed by atoms with Gasteiger partial charge in [0.25, 0.3) is 0 Å². The Hall–Kier alpha value is -1.30. The van der Waals surface area contributed by atoms with Crippen molar-refractivity contribution in [3.8, 4) is 0 Å². The highest BCUT2D eigenvalue weighted by molar-refractivity contribution is 5.57. The van der Waals surface area contributed by atoms with Gasteiger partial charge in [0.1, 0.15) is 0 Å². The molecule has 1 aromatic carbocycles. The molecular formula is C14H18. The number of hydrogen-bond donors (Lipinski definition) is 0. The summed E-state index contributed by atoms with van der Waals surface area (Å²) in [6.07, 6.45) is 5.89. The van der Waals surface area contributed by atoms with Gasteiger partial charge in [-0.05, 0) is 29.5 Å². The monoisotopic (exact) mass is 186 g/mol. The molecule has 0 bridgehead atoms. The minimum Gasteiger partial charge on any atom is -0.0991 e. The van der Waals surface area contributed by atoms with Crippen LogP contribution in [0.1, 0.15) is 36.5 Å². The third-order valence-electron chi connectivity index (χ3n) is 2.45. The smallest absolute Gasteiger partial charge is 0.0216 e. The molecule has 1 aromatic rings. The minimum absolute atomic E-state index is 0.590. The summed E-state index contributed by atoms with van der Waals surface area (Å²) in [6.45, 7) is 10.3. The predicted molar refractivity (Wildman–Crippen MR) is 64.5 cm³/mol. The highest BCUT2D eigenvalue weighted by atomic mass is 14.1. The fraction of sp³-hybridized carbons (Fsp3) is 0.286. The molecule has 0 nitrogen and oxygen atoms in total. The summed E-state index contributed by atoms with van der Waals surface area (Å²) in [5.41, 5.74) is 4.09. The number of hydrogen-bond acceptors (Lipinski definition) is 0. The molecule has 0 atom stereocenters. The van der Waals surface area contributed by atoms with E-state index in [0.29, 0.717) is 5.92 Å². The van der Waals surface area contributed by atoms with E-state index in [2.05, 4.69) is 51.6 Å². The van der Waals surface area contributed by atoms with E-state index >= 15 is 0 Å². The molecule has 0 saturated carbocycles. The van der Waals surface area contributed by atoms with Gasteiger partial charge >= 0.3 is 0 Å². The van der Waals surface area contributed by atoms with Gasteiger partial charge in [-0.15, -0.1) is 0 Å². The van der Waals surface area contributed by atoms with Gasteiger partial charge < -0.3 is 0 Å². The molecule has 0 amide bonds. The van der Waals surface area contributed by atoms with Crippen LogP contribution in [0.25, 0.3) is 6.08 Å². The van der Waals surface area contributed by atoms with Gasteiger partial charge in [-0.2, -0.15) is 0 Å². The third kappa shape index (κ3) is 2.35. The van der Waals surface area contributed by atoms with E-state index in [1.807, 2.05) is 12.2 Å². The van der Waals surface area contributed by atoms with Crippen molar-refractivity contribution in [1.82, 2.24) is 0 Å². The number of allylic oxidation sites excluding steroid dienone is 2. The van der Waals surface area contributed by atoms with Crippen LogP contribution in [0, 0.1) is 6.92 Å². The van der Waals surface area contributed by atoms with Crippen LogP contribution in [0.15, 0.2) is 36.9 Å². The Labute approximate surface area is 87.0 Å². The lowest BCUT2D eigenvalue weighted by molar-refractivity contribution is 0.856. The first-order valence-electron chi connectivity index (χ1n) is 5.05. The second-order valence-electron chi connectivity index (χ2n) is 3.81. The minimum atomic E-state index is 0.590. The molecule has 74 valence electrons. The highest BCUT2D eigenvalue weighted by Crippen LogP contribution is 2.22. The fourth-order valence-electron chi connectivity index (χ4n) is 1.65. The lowest BCUT2D eigenvalue weighted by Crippen LogP contribution is -1.93. The van der Waals surface area contributed by atoms with Crippen LogP contribution in [-0.4, -0.2) is 0 Å². The first-order valence-corrected chi connectivity index (χ1v) is 5.05. The van der Waals surface area contributed by atoms with E-state index in [1.54, 1.807) is 0 Å². The number of benzene rings is 1. The molecule has 14 heavy (non-hydrogen) atoms. The maximum Gasteiger partial charge on any atom is -0.0216 e. The first-order chi connectivity index (χ1) is 6.66. The summed E-state index contributed by atoms with van der Waals surface area (Å²) in [5, 5.41) is 0. The largest absolute Gasteiger partial charge is 0.0991 e. The van der Waals surface area contributed by atoms with Crippen LogP contribution in [0.4, 0.5) is 0 Å². The molecule has 0 heterocycles. The summed E-state index contributed by atoms with van der Waals surface area (Å²) >= 11 is 0. The molecule has 0 aliphatic carbocycles. The zero-order valence-electron chi connectivity index (χ0n) is 9.25. The average Bonchev–Trinajstić information content (AvgIpc) is 2.16. The summed E-state index contributed by atoms with van der Waals surface area (Å²) in [6, 6.07) is 6.46. The molecule has 0 aliphatic rings. The third-order valence-corrected chi connectivity index (χ3v) is 2.45. The van der Waals surface area contributed by atoms with Crippen LogP contribution in [0.5, 0.6) is 0 Å². The standard InChI is InChI=1S/C14H18/c1-5-6-8-13-9-7-10-14(11(2)3)12(13)4/h5-11H,1H2,2-4H3/b8-6-. The van der Waals surface area contributed by atoms with E-state index in [4.69, 9.17) is 0 Å². The quantitative estimate of drug-likeness (QED) is 0.617. The van der Waals surface area contributed by atoms with E-state index in [-0.39, 0.29) is 0 Å². The maximum absolute atomic E-state index is 3.68. The zero-order valence-corrected chi connectivity index (χ0v) is 9.25. The predicted octanol–water partition coefficient (Wildman–Crippen LogP) is 4.32. The van der Waals surface area contributed by atoms with Crippen molar-refractivity contribution in [2.45, 2.75) is 26.7 Å². The first kappa shape index (κ1) is 10.8. The second kappa shape index (κ2) is 4.80. The molecule has 1 rings (SSSR count). The lowest BCUT2D eigenvalue weighted by atomic mass is 9.94. The lowest BCUT2D eigenvalue weighted by Gasteiger charge is -2.11. The van der Waals surface area contributed by atoms with Crippen molar-refractivity contribution in [3.63, 3.8) is 0 Å². The van der Waals surface area contributed by atoms with Crippen molar-refractivity contribution in [3.05, 3.63) is 53.6 Å². The fourth-order valence-corrected chi connectivity index (χ4v) is 1.65. The van der Waals surface area contributed by atoms with Crippen LogP contribution in [0.3, 0.4) is 0 Å². The highest BCUT2D eigenvalue weighted by Gasteiger charge is 2.04. The van der Waals surface area contributed by atoms with Gasteiger partial charge in [0.05, 0.1) is 0 Å². The van der Waals surface area contributed by atoms with Crippen molar-refractivity contribution in [1.29, 1.82) is 0 Å². The van der Waals surface area contributed by atoms with Crippen LogP contribution in [0.2, 0.25) is 0 Å². The van der Waals surface area contributed by atoms with Crippen LogP contribution < -0.4 is 0 Å². The molecule has 0 spiro atoms. The zero-order chi connectivity index (χ0) is 10.6. The maximum atomic E-state index is 3.68. The second-order valence-corrected chi connectivity index (χ2v) is 3.81. The topological polar surface area (TPSA) is 0 Å². The molecule has 0 aromatic heterocycles. The SMILES string of the molecule is C=C/C=C\c1cccc(C(C)C)c1C. The molecule has 0 unspecified atom stereocenters. The van der Waals surface area contributed by atoms with Crippen molar-refractivity contribution in [2.75, 3.05) is 0 Å². The molecular weight excluding hydrogens is 168 g/mol. The summed E-state index contributed by atoms with van der Waals surface area (Å²) < 4.78 is 0. The van der Waals surface area contributed by atoms with Gasteiger partial charge in [0, 0.05) is 0 Å². The Balaban J connectivity index is 3.13. The Morgan fingerprint density at radius 1 is 1.29 bits per heavy atom. The Morgan fingerprint density at radius 3 is 2.57 bits per heavy atom. The van der Waals surface area contributed by atoms with Gasteiger partial charge in [-0.25, -0.2) is 0 Å². The molecule has 0 heteroatoms. The van der Waals surface area contributed by atoms with Gasteiger partial charge in [-0.1, -0.05) is 56.9 Å². The summed E-state index contributed by atoms with van der Waals surface area (Å²) in [7, 11) is 0. The molecule has 0 aliphatic heterocycles. The van der Waals surface area contributed by atoms with E-state index in [0.717, 1.165) is 0 Å². The van der Waals surface area contributed by atoms with Crippen LogP contribution in [-0.2, 0) is 0 Å². The summed E-state index contributed by atoms with van der Waals surface area (Å²) in [5.74, 6) is 0.590. The Kier molecular flexibility index (Phi) is 3.70. The van der Waals surface area contributed by atoms with Gasteiger partial charge in [0.2, 0.25) is 0 Å². The molecule has 0 fully saturated rings. The Morgan fingerprint density at radius 2 is 2.00 bits per heavy atom. The Bertz CT molecular complexity index is 343. The molecule has 0 saturated heterocycles. The van der Waals surface area contributed by atoms with Crippen molar-refractivity contribution in [2.24, 2.45) is 0 Å². The van der Waals surface area contributed by atoms with E-state index < -0.39 is 0 Å². The van der Waals surface area contributed by atoms with Crippen molar-refractivity contribution < 1.29 is 0 Å². The number of rotatable bonds is 3. The van der Waals surface area contributed by atoms with Crippen LogP contribution >= 0.6 is 0 Å². The summed E-state index contributed by atoms with van der Waals surface area (Å²) in [4.78, 5) is 0. The van der Waals surface area contributed by atoms with Gasteiger partial charge in [0.15, 0.2) is 0 Å². The molecule has 0 radical (unpaired) electrons. The normalized spacial score (nSPS) is 11.1.